The monoisotopic (exact) mass is 288 g/mol. The van der Waals surface area contributed by atoms with E-state index < -0.39 is 9.84 Å². The molecule has 0 fully saturated rings. The summed E-state index contributed by atoms with van der Waals surface area (Å²) in [5, 5.41) is 1.75. The predicted octanol–water partition coefficient (Wildman–Crippen LogP) is 2.74. The van der Waals surface area contributed by atoms with Crippen molar-refractivity contribution in [2.24, 2.45) is 0 Å². The highest BCUT2D eigenvalue weighted by atomic mass is 32.2. The van der Waals surface area contributed by atoms with Gasteiger partial charge in [0.2, 0.25) is 14.9 Å². The number of hydrogen-bond acceptors (Lipinski definition) is 4. The van der Waals surface area contributed by atoms with E-state index in [4.69, 9.17) is 4.42 Å². The minimum absolute atomic E-state index is 0.105. The lowest BCUT2D eigenvalue weighted by molar-refractivity contribution is 0.472. The van der Waals surface area contributed by atoms with E-state index >= 15 is 0 Å². The summed E-state index contributed by atoms with van der Waals surface area (Å²) in [5.41, 5.74) is -0.0216. The Hall–Kier alpha value is -2.14. The molecule has 20 heavy (non-hydrogen) atoms. The van der Waals surface area contributed by atoms with Crippen molar-refractivity contribution in [1.82, 2.24) is 0 Å². The van der Waals surface area contributed by atoms with E-state index in [1.807, 2.05) is 30.3 Å². The topological polar surface area (TPSA) is 64.3 Å². The van der Waals surface area contributed by atoms with Gasteiger partial charge in [-0.05, 0) is 11.5 Å². The second-order valence-electron chi connectivity index (χ2n) is 4.50. The Morgan fingerprint density at radius 1 is 1.05 bits per heavy atom. The lowest BCUT2D eigenvalue weighted by Gasteiger charge is -2.05. The highest BCUT2D eigenvalue weighted by molar-refractivity contribution is 7.91. The summed E-state index contributed by atoms with van der Waals surface area (Å²) in [4.78, 5) is 12.1. The molecule has 3 rings (SSSR count). The van der Waals surface area contributed by atoms with Crippen molar-refractivity contribution in [2.75, 3.05) is 5.75 Å². The van der Waals surface area contributed by atoms with Gasteiger partial charge in [0, 0.05) is 11.5 Å². The van der Waals surface area contributed by atoms with Crippen LogP contribution in [0.3, 0.4) is 0 Å². The number of benzene rings is 2. The maximum atomic E-state index is 12.1. The maximum absolute atomic E-state index is 12.1. The third kappa shape index (κ3) is 1.91. The zero-order chi connectivity index (χ0) is 14.3. The standard InChI is InChI=1S/C15H12O4S/c1-2-20(17,18)14-9-13(16)12-8-7-10-5-3-4-6-11(10)15(12)19-14/h3-9H,2H2,1H3. The van der Waals surface area contributed by atoms with Gasteiger partial charge in [-0.2, -0.15) is 0 Å². The normalized spacial score (nSPS) is 12.1. The molecule has 0 bridgehead atoms. The van der Waals surface area contributed by atoms with Crippen molar-refractivity contribution in [2.45, 2.75) is 12.0 Å². The molecular formula is C15H12O4S. The van der Waals surface area contributed by atoms with Crippen LogP contribution in [0.2, 0.25) is 0 Å². The molecule has 0 atom stereocenters. The molecule has 5 heteroatoms. The molecule has 0 aliphatic carbocycles. The van der Waals surface area contributed by atoms with Crippen LogP contribution in [0.4, 0.5) is 0 Å². The number of rotatable bonds is 2. The van der Waals surface area contributed by atoms with Crippen LogP contribution in [0.1, 0.15) is 6.92 Å². The van der Waals surface area contributed by atoms with Crippen LogP contribution in [0, 0.1) is 0 Å². The summed E-state index contributed by atoms with van der Waals surface area (Å²) in [6.07, 6.45) is 0. The molecule has 3 aromatic rings. The van der Waals surface area contributed by atoms with E-state index in [9.17, 15) is 13.2 Å². The first-order valence-corrected chi connectivity index (χ1v) is 7.86. The summed E-state index contributed by atoms with van der Waals surface area (Å²) >= 11 is 0. The Bertz CT molecular complexity index is 968. The van der Waals surface area contributed by atoms with Crippen LogP contribution >= 0.6 is 0 Å². The van der Waals surface area contributed by atoms with E-state index in [-0.39, 0.29) is 16.3 Å². The van der Waals surface area contributed by atoms with E-state index in [1.54, 1.807) is 6.07 Å². The second-order valence-corrected chi connectivity index (χ2v) is 6.71. The molecule has 0 amide bonds. The van der Waals surface area contributed by atoms with Gasteiger partial charge in [0.25, 0.3) is 0 Å². The molecule has 1 aromatic heterocycles. The van der Waals surface area contributed by atoms with Gasteiger partial charge < -0.3 is 4.42 Å². The summed E-state index contributed by atoms with van der Waals surface area (Å²) in [6.45, 7) is 1.52. The average Bonchev–Trinajstić information content (AvgIpc) is 2.47. The van der Waals surface area contributed by atoms with Gasteiger partial charge in [-0.25, -0.2) is 8.42 Å². The first-order chi connectivity index (χ1) is 9.53. The van der Waals surface area contributed by atoms with Crippen molar-refractivity contribution in [3.8, 4) is 0 Å². The maximum Gasteiger partial charge on any atom is 0.222 e. The molecule has 0 aliphatic heterocycles. The molecule has 2 aromatic carbocycles. The summed E-state index contributed by atoms with van der Waals surface area (Å²) in [5.74, 6) is -0.105. The molecule has 0 N–H and O–H groups in total. The van der Waals surface area contributed by atoms with Crippen molar-refractivity contribution >= 4 is 31.6 Å². The second kappa shape index (κ2) is 4.45. The van der Waals surface area contributed by atoms with E-state index in [1.165, 1.54) is 6.92 Å². The average molecular weight is 288 g/mol. The smallest absolute Gasteiger partial charge is 0.222 e. The summed E-state index contributed by atoms with van der Waals surface area (Å²) in [7, 11) is -3.55. The lowest BCUT2D eigenvalue weighted by Crippen LogP contribution is -2.09. The fourth-order valence-corrected chi connectivity index (χ4v) is 2.94. The molecule has 4 nitrogen and oxygen atoms in total. The number of sulfone groups is 1. The Kier molecular flexibility index (Phi) is 2.87. The zero-order valence-corrected chi connectivity index (χ0v) is 11.6. The Morgan fingerprint density at radius 3 is 2.55 bits per heavy atom. The van der Waals surface area contributed by atoms with Gasteiger partial charge in [0.05, 0.1) is 11.1 Å². The molecule has 0 saturated heterocycles. The quantitative estimate of drug-likeness (QED) is 0.680. The van der Waals surface area contributed by atoms with Crippen molar-refractivity contribution in [1.29, 1.82) is 0 Å². The van der Waals surface area contributed by atoms with Crippen LogP contribution in [-0.2, 0) is 9.84 Å². The molecule has 0 saturated carbocycles. The lowest BCUT2D eigenvalue weighted by atomic mass is 10.1. The van der Waals surface area contributed by atoms with Gasteiger partial charge in [0.15, 0.2) is 5.43 Å². The van der Waals surface area contributed by atoms with Gasteiger partial charge in [0.1, 0.15) is 5.58 Å². The third-order valence-electron chi connectivity index (χ3n) is 3.28. The molecule has 0 unspecified atom stereocenters. The van der Waals surface area contributed by atoms with Gasteiger partial charge in [-0.15, -0.1) is 0 Å². The third-order valence-corrected chi connectivity index (χ3v) is 4.86. The Morgan fingerprint density at radius 2 is 1.80 bits per heavy atom. The molecule has 102 valence electrons. The highest BCUT2D eigenvalue weighted by Crippen LogP contribution is 2.25. The van der Waals surface area contributed by atoms with Crippen LogP contribution in [0.5, 0.6) is 0 Å². The largest absolute Gasteiger partial charge is 0.444 e. The van der Waals surface area contributed by atoms with E-state index in [0.29, 0.717) is 11.0 Å². The summed E-state index contributed by atoms with van der Waals surface area (Å²) in [6, 6.07) is 11.9. The van der Waals surface area contributed by atoms with Crippen LogP contribution in [-0.4, -0.2) is 14.2 Å². The fourth-order valence-electron chi connectivity index (χ4n) is 2.16. The van der Waals surface area contributed by atoms with Crippen molar-refractivity contribution in [3.63, 3.8) is 0 Å². The predicted molar refractivity (Wildman–Crippen MR) is 77.7 cm³/mol. The minimum Gasteiger partial charge on any atom is -0.444 e. The van der Waals surface area contributed by atoms with Crippen LogP contribution in [0.15, 0.2) is 56.8 Å². The fraction of sp³-hybridized carbons (Fsp3) is 0.133. The highest BCUT2D eigenvalue weighted by Gasteiger charge is 2.18. The molecule has 0 spiro atoms. The SMILES string of the molecule is CCS(=O)(=O)c1cc(=O)c2ccc3ccccc3c2o1. The Labute approximate surface area is 115 Å². The van der Waals surface area contributed by atoms with Gasteiger partial charge in [-0.3, -0.25) is 4.79 Å². The number of fused-ring (bicyclic) bond motifs is 3. The van der Waals surface area contributed by atoms with Crippen molar-refractivity contribution in [3.05, 3.63) is 52.7 Å². The van der Waals surface area contributed by atoms with Gasteiger partial charge in [-0.1, -0.05) is 37.3 Å². The summed E-state index contributed by atoms with van der Waals surface area (Å²) < 4.78 is 29.3. The van der Waals surface area contributed by atoms with Crippen LogP contribution < -0.4 is 5.43 Å². The number of hydrogen-bond donors (Lipinski definition) is 0. The first-order valence-electron chi connectivity index (χ1n) is 6.21. The van der Waals surface area contributed by atoms with E-state index in [2.05, 4.69) is 0 Å². The first kappa shape index (κ1) is 12.9. The van der Waals surface area contributed by atoms with E-state index in [0.717, 1.165) is 16.8 Å². The van der Waals surface area contributed by atoms with Gasteiger partial charge >= 0.3 is 0 Å². The molecule has 0 aliphatic rings. The molecular weight excluding hydrogens is 276 g/mol. The zero-order valence-electron chi connectivity index (χ0n) is 10.8. The molecule has 0 radical (unpaired) electrons. The van der Waals surface area contributed by atoms with Crippen molar-refractivity contribution < 1.29 is 12.8 Å². The minimum atomic E-state index is -3.55. The molecule has 1 heterocycles. The Balaban J connectivity index is 2.51. The van der Waals surface area contributed by atoms with Crippen LogP contribution in [0.25, 0.3) is 21.7 Å².